The van der Waals surface area contributed by atoms with Crippen molar-refractivity contribution in [1.29, 1.82) is 10.5 Å². The molecule has 1 aromatic carbocycles. The molecule has 1 amide bonds. The molecule has 20 heavy (non-hydrogen) atoms. The maximum absolute atomic E-state index is 11.9. The summed E-state index contributed by atoms with van der Waals surface area (Å²) in [4.78, 5) is 11.9. The molecule has 0 bridgehead atoms. The predicted molar refractivity (Wildman–Crippen MR) is 76.7 cm³/mol. The fourth-order valence-corrected chi connectivity index (χ4v) is 1.54. The van der Waals surface area contributed by atoms with Gasteiger partial charge in [-0.1, -0.05) is 17.7 Å². The molecule has 1 rings (SSSR count). The minimum Gasteiger partial charge on any atom is -0.389 e. The van der Waals surface area contributed by atoms with Gasteiger partial charge in [-0.05, 0) is 24.6 Å². The van der Waals surface area contributed by atoms with Crippen LogP contribution < -0.4 is 10.6 Å². The highest BCUT2D eigenvalue weighted by atomic mass is 35.5. The number of carbonyl (C=O) groups is 1. The lowest BCUT2D eigenvalue weighted by molar-refractivity contribution is -0.112. The highest BCUT2D eigenvalue weighted by molar-refractivity contribution is 6.31. The Morgan fingerprint density at radius 1 is 1.45 bits per heavy atom. The largest absolute Gasteiger partial charge is 0.389 e. The van der Waals surface area contributed by atoms with Crippen LogP contribution in [0.1, 0.15) is 12.0 Å². The Morgan fingerprint density at radius 2 is 2.20 bits per heavy atom. The number of anilines is 1. The molecule has 0 aliphatic heterocycles. The van der Waals surface area contributed by atoms with Crippen molar-refractivity contribution in [2.24, 2.45) is 0 Å². The smallest absolute Gasteiger partial charge is 0.267 e. The van der Waals surface area contributed by atoms with Crippen LogP contribution in [-0.2, 0) is 4.79 Å². The van der Waals surface area contributed by atoms with Crippen LogP contribution in [0.25, 0.3) is 0 Å². The van der Waals surface area contributed by atoms with Crippen molar-refractivity contribution in [2.45, 2.75) is 13.3 Å². The molecular formula is C14H13ClN4O. The molecule has 0 saturated carbocycles. The van der Waals surface area contributed by atoms with Gasteiger partial charge in [-0.3, -0.25) is 4.79 Å². The normalized spacial score (nSPS) is 10.3. The quantitative estimate of drug-likeness (QED) is 0.495. The van der Waals surface area contributed by atoms with Gasteiger partial charge in [0, 0.05) is 23.5 Å². The lowest BCUT2D eigenvalue weighted by Crippen LogP contribution is -2.17. The number of carbonyl (C=O) groups excluding carboxylic acids is 1. The van der Waals surface area contributed by atoms with Gasteiger partial charge >= 0.3 is 0 Å². The van der Waals surface area contributed by atoms with E-state index in [-0.39, 0.29) is 5.57 Å². The van der Waals surface area contributed by atoms with Crippen molar-refractivity contribution < 1.29 is 4.79 Å². The van der Waals surface area contributed by atoms with Gasteiger partial charge in [0.15, 0.2) is 0 Å². The highest BCUT2D eigenvalue weighted by Crippen LogP contribution is 2.20. The van der Waals surface area contributed by atoms with Gasteiger partial charge in [-0.15, -0.1) is 0 Å². The Balaban J connectivity index is 2.76. The zero-order valence-corrected chi connectivity index (χ0v) is 11.7. The maximum atomic E-state index is 11.9. The summed E-state index contributed by atoms with van der Waals surface area (Å²) in [6.45, 7) is 2.21. The third-order valence-electron chi connectivity index (χ3n) is 2.44. The van der Waals surface area contributed by atoms with Gasteiger partial charge in [-0.2, -0.15) is 10.5 Å². The van der Waals surface area contributed by atoms with E-state index in [2.05, 4.69) is 10.6 Å². The van der Waals surface area contributed by atoms with E-state index in [1.54, 1.807) is 24.3 Å². The zero-order valence-electron chi connectivity index (χ0n) is 10.9. The van der Waals surface area contributed by atoms with E-state index < -0.39 is 5.91 Å². The van der Waals surface area contributed by atoms with Crippen LogP contribution in [0.4, 0.5) is 5.69 Å². The molecular weight excluding hydrogens is 276 g/mol. The topological polar surface area (TPSA) is 88.7 Å². The molecule has 5 nitrogen and oxygen atoms in total. The first kappa shape index (κ1) is 15.6. The highest BCUT2D eigenvalue weighted by Gasteiger charge is 2.10. The average Bonchev–Trinajstić information content (AvgIpc) is 2.43. The van der Waals surface area contributed by atoms with Crippen LogP contribution in [0.2, 0.25) is 5.02 Å². The van der Waals surface area contributed by atoms with Crippen LogP contribution >= 0.6 is 11.6 Å². The van der Waals surface area contributed by atoms with E-state index >= 15 is 0 Å². The molecule has 0 unspecified atom stereocenters. The number of benzene rings is 1. The fourth-order valence-electron chi connectivity index (χ4n) is 1.37. The zero-order chi connectivity index (χ0) is 15.0. The van der Waals surface area contributed by atoms with E-state index in [0.29, 0.717) is 23.7 Å². The second-order valence-corrected chi connectivity index (χ2v) is 4.38. The van der Waals surface area contributed by atoms with Crippen molar-refractivity contribution in [3.63, 3.8) is 0 Å². The second kappa shape index (κ2) is 7.83. The second-order valence-electron chi connectivity index (χ2n) is 3.95. The van der Waals surface area contributed by atoms with Crippen LogP contribution in [0.15, 0.2) is 30.0 Å². The third kappa shape index (κ3) is 4.64. The number of amides is 1. The van der Waals surface area contributed by atoms with Gasteiger partial charge < -0.3 is 10.6 Å². The summed E-state index contributed by atoms with van der Waals surface area (Å²) < 4.78 is 0. The molecule has 102 valence electrons. The summed E-state index contributed by atoms with van der Waals surface area (Å²) in [6, 6.07) is 8.87. The summed E-state index contributed by atoms with van der Waals surface area (Å²) in [5.74, 6) is -0.526. The molecule has 0 saturated heterocycles. The molecule has 0 spiro atoms. The van der Waals surface area contributed by atoms with Crippen molar-refractivity contribution >= 4 is 23.2 Å². The molecule has 0 heterocycles. The standard InChI is InChI=1S/C14H13ClN4O/c1-10-3-4-12(15)7-13(10)19-14(20)11(8-17)9-18-6-2-5-16/h3-4,7,9,18H,2,6H2,1H3,(H,19,20)/b11-9-. The first-order chi connectivity index (χ1) is 9.58. The molecule has 0 aliphatic rings. The summed E-state index contributed by atoms with van der Waals surface area (Å²) in [5, 5.41) is 23.2. The van der Waals surface area contributed by atoms with Gasteiger partial charge in [-0.25, -0.2) is 0 Å². The Bertz CT molecular complexity index is 611. The minimum absolute atomic E-state index is 0.0673. The Labute approximate surface area is 122 Å². The molecule has 2 N–H and O–H groups in total. The lowest BCUT2D eigenvalue weighted by Gasteiger charge is -2.08. The Morgan fingerprint density at radius 3 is 2.85 bits per heavy atom. The van der Waals surface area contributed by atoms with E-state index in [4.69, 9.17) is 22.1 Å². The van der Waals surface area contributed by atoms with E-state index in [1.165, 1.54) is 6.20 Å². The first-order valence-electron chi connectivity index (χ1n) is 5.86. The molecule has 0 radical (unpaired) electrons. The number of halogens is 1. The molecule has 6 heteroatoms. The summed E-state index contributed by atoms with van der Waals surface area (Å²) in [7, 11) is 0. The molecule has 0 fully saturated rings. The number of nitriles is 2. The van der Waals surface area contributed by atoms with Gasteiger partial charge in [0.25, 0.3) is 5.91 Å². The van der Waals surface area contributed by atoms with Crippen LogP contribution in [-0.4, -0.2) is 12.5 Å². The molecule has 0 aromatic heterocycles. The molecule has 0 atom stereocenters. The van der Waals surface area contributed by atoms with Gasteiger partial charge in [0.2, 0.25) is 0 Å². The number of hydrogen-bond donors (Lipinski definition) is 2. The van der Waals surface area contributed by atoms with Crippen LogP contribution in [0, 0.1) is 29.6 Å². The Hall–Kier alpha value is -2.50. The molecule has 1 aromatic rings. The Kier molecular flexibility index (Phi) is 6.09. The van der Waals surface area contributed by atoms with E-state index in [1.807, 2.05) is 13.0 Å². The fraction of sp³-hybridized carbons (Fsp3) is 0.214. The third-order valence-corrected chi connectivity index (χ3v) is 2.68. The SMILES string of the molecule is Cc1ccc(Cl)cc1NC(=O)/C(C#N)=C\NCCC#N. The lowest BCUT2D eigenvalue weighted by atomic mass is 10.2. The number of aryl methyl sites for hydroxylation is 1. The van der Waals surface area contributed by atoms with Crippen LogP contribution in [0.5, 0.6) is 0 Å². The summed E-state index contributed by atoms with van der Waals surface area (Å²) in [6.07, 6.45) is 1.59. The van der Waals surface area contributed by atoms with Gasteiger partial charge in [0.1, 0.15) is 11.6 Å². The van der Waals surface area contributed by atoms with Gasteiger partial charge in [0.05, 0.1) is 12.5 Å². The number of nitrogens with zero attached hydrogens (tertiary/aromatic N) is 2. The van der Waals surface area contributed by atoms with Crippen molar-refractivity contribution in [1.82, 2.24) is 5.32 Å². The number of rotatable bonds is 5. The number of hydrogen-bond acceptors (Lipinski definition) is 4. The van der Waals surface area contributed by atoms with Crippen molar-refractivity contribution in [3.8, 4) is 12.1 Å². The first-order valence-corrected chi connectivity index (χ1v) is 6.24. The maximum Gasteiger partial charge on any atom is 0.267 e. The predicted octanol–water partition coefficient (Wildman–Crippen LogP) is 2.50. The molecule has 0 aliphatic carbocycles. The minimum atomic E-state index is -0.526. The van der Waals surface area contributed by atoms with E-state index in [0.717, 1.165) is 5.56 Å². The average molecular weight is 289 g/mol. The number of nitrogens with one attached hydrogen (secondary N) is 2. The summed E-state index contributed by atoms with van der Waals surface area (Å²) in [5.41, 5.74) is 1.33. The monoisotopic (exact) mass is 288 g/mol. The van der Waals surface area contributed by atoms with Crippen molar-refractivity contribution in [3.05, 3.63) is 40.6 Å². The summed E-state index contributed by atoms with van der Waals surface area (Å²) >= 11 is 5.86. The van der Waals surface area contributed by atoms with Crippen LogP contribution in [0.3, 0.4) is 0 Å². The van der Waals surface area contributed by atoms with Crippen molar-refractivity contribution in [2.75, 3.05) is 11.9 Å². The van der Waals surface area contributed by atoms with E-state index in [9.17, 15) is 4.79 Å².